The van der Waals surface area contributed by atoms with Crippen LogP contribution in [0.2, 0.25) is 0 Å². The Kier molecular flexibility index (Phi) is 4.43. The van der Waals surface area contributed by atoms with Gasteiger partial charge in [0.1, 0.15) is 0 Å². The normalized spacial score (nSPS) is 17.9. The van der Waals surface area contributed by atoms with Crippen LogP contribution in [0.1, 0.15) is 30.1 Å². The van der Waals surface area contributed by atoms with Crippen LogP contribution in [0.25, 0.3) is 0 Å². The number of hydrogen-bond donors (Lipinski definition) is 1. The minimum atomic E-state index is 0.490. The smallest absolute Gasteiger partial charge is 0.0540 e. The summed E-state index contributed by atoms with van der Waals surface area (Å²) in [6.45, 7) is 1.04. The maximum absolute atomic E-state index is 4.40. The van der Waals surface area contributed by atoms with Crippen LogP contribution < -0.4 is 5.32 Å². The monoisotopic (exact) mass is 287 g/mol. The van der Waals surface area contributed by atoms with Crippen molar-refractivity contribution >= 4 is 11.8 Å². The van der Waals surface area contributed by atoms with Crippen molar-refractivity contribution < 1.29 is 0 Å². The minimum Gasteiger partial charge on any atom is -0.309 e. The largest absolute Gasteiger partial charge is 0.309 e. The number of aryl methyl sites for hydroxylation is 1. The van der Waals surface area contributed by atoms with Crippen molar-refractivity contribution in [1.82, 2.24) is 15.1 Å². The van der Waals surface area contributed by atoms with E-state index in [-0.39, 0.29) is 0 Å². The lowest BCUT2D eigenvalue weighted by Crippen LogP contribution is -2.27. The van der Waals surface area contributed by atoms with Crippen LogP contribution in [0, 0.1) is 0 Å². The van der Waals surface area contributed by atoms with Gasteiger partial charge in [0.2, 0.25) is 0 Å². The second-order valence-electron chi connectivity index (χ2n) is 5.23. The zero-order chi connectivity index (χ0) is 13.8. The summed E-state index contributed by atoms with van der Waals surface area (Å²) in [4.78, 5) is 1.35. The molecule has 3 rings (SSSR count). The zero-order valence-corrected chi connectivity index (χ0v) is 12.7. The van der Waals surface area contributed by atoms with Gasteiger partial charge in [0.15, 0.2) is 0 Å². The van der Waals surface area contributed by atoms with Crippen molar-refractivity contribution in [2.24, 2.45) is 7.05 Å². The molecule has 0 radical (unpaired) electrons. The predicted molar refractivity (Wildman–Crippen MR) is 84.1 cm³/mol. The summed E-state index contributed by atoms with van der Waals surface area (Å²) in [5, 5.41) is 8.08. The van der Waals surface area contributed by atoms with E-state index in [9.17, 15) is 0 Å². The third-order valence-corrected chi connectivity index (χ3v) is 4.89. The van der Waals surface area contributed by atoms with Gasteiger partial charge in [-0.2, -0.15) is 5.10 Å². The Hall–Kier alpha value is -1.26. The lowest BCUT2D eigenvalue weighted by atomic mass is 9.93. The van der Waals surface area contributed by atoms with Gasteiger partial charge in [0.25, 0.3) is 0 Å². The molecule has 3 nitrogen and oxygen atoms in total. The standard InChI is InChI=1S/C16H21N3S/c1-19-16-9-5-8-15(14(16)12-18-19)17-10-11-20-13-6-3-2-4-7-13/h2-4,6-7,12,15,17H,5,8-11H2,1H3. The van der Waals surface area contributed by atoms with Gasteiger partial charge in [-0.3, -0.25) is 4.68 Å². The lowest BCUT2D eigenvalue weighted by Gasteiger charge is -2.23. The number of aromatic nitrogens is 2. The summed E-state index contributed by atoms with van der Waals surface area (Å²) in [6.07, 6.45) is 5.70. The molecule has 0 bridgehead atoms. The first kappa shape index (κ1) is 13.7. The second kappa shape index (κ2) is 6.46. The van der Waals surface area contributed by atoms with Crippen molar-refractivity contribution in [3.8, 4) is 0 Å². The van der Waals surface area contributed by atoms with E-state index in [4.69, 9.17) is 0 Å². The molecule has 0 aliphatic heterocycles. The molecule has 2 aromatic rings. The summed E-state index contributed by atoms with van der Waals surface area (Å²) in [6, 6.07) is 11.1. The highest BCUT2D eigenvalue weighted by Gasteiger charge is 2.22. The molecule has 106 valence electrons. The molecular formula is C16H21N3S. The SMILES string of the molecule is Cn1ncc2c1CCCC2NCCSc1ccccc1. The number of thioether (sulfide) groups is 1. The van der Waals surface area contributed by atoms with Gasteiger partial charge < -0.3 is 5.32 Å². The van der Waals surface area contributed by atoms with Crippen molar-refractivity contribution in [3.05, 3.63) is 47.8 Å². The quantitative estimate of drug-likeness (QED) is 0.676. The van der Waals surface area contributed by atoms with Crippen LogP contribution in [-0.4, -0.2) is 22.1 Å². The highest BCUT2D eigenvalue weighted by atomic mass is 32.2. The number of fused-ring (bicyclic) bond motifs is 1. The fraction of sp³-hybridized carbons (Fsp3) is 0.438. The average molecular weight is 287 g/mol. The molecule has 1 aromatic heterocycles. The van der Waals surface area contributed by atoms with Crippen molar-refractivity contribution in [2.45, 2.75) is 30.2 Å². The molecule has 1 atom stereocenters. The van der Waals surface area contributed by atoms with Gasteiger partial charge >= 0.3 is 0 Å². The van der Waals surface area contributed by atoms with E-state index in [1.165, 1.54) is 35.4 Å². The average Bonchev–Trinajstić information content (AvgIpc) is 2.87. The number of benzene rings is 1. The van der Waals surface area contributed by atoms with Crippen LogP contribution in [0.3, 0.4) is 0 Å². The summed E-state index contributed by atoms with van der Waals surface area (Å²) < 4.78 is 2.03. The van der Waals surface area contributed by atoms with Crippen LogP contribution in [0.5, 0.6) is 0 Å². The minimum absolute atomic E-state index is 0.490. The number of nitrogens with zero attached hydrogens (tertiary/aromatic N) is 2. The van der Waals surface area contributed by atoms with E-state index in [2.05, 4.69) is 40.7 Å². The molecule has 1 aliphatic carbocycles. The Morgan fingerprint density at radius 1 is 1.35 bits per heavy atom. The van der Waals surface area contributed by atoms with Crippen molar-refractivity contribution in [3.63, 3.8) is 0 Å². The van der Waals surface area contributed by atoms with E-state index >= 15 is 0 Å². The molecule has 1 heterocycles. The first-order valence-electron chi connectivity index (χ1n) is 7.26. The van der Waals surface area contributed by atoms with E-state index in [0.29, 0.717) is 6.04 Å². The molecule has 1 aliphatic rings. The predicted octanol–water partition coefficient (Wildman–Crippen LogP) is 3.18. The molecule has 0 saturated carbocycles. The van der Waals surface area contributed by atoms with Crippen LogP contribution >= 0.6 is 11.8 Å². The van der Waals surface area contributed by atoms with Gasteiger partial charge in [-0.15, -0.1) is 11.8 Å². The number of hydrogen-bond acceptors (Lipinski definition) is 3. The van der Waals surface area contributed by atoms with Gasteiger partial charge in [0, 0.05) is 41.5 Å². The maximum Gasteiger partial charge on any atom is 0.0540 e. The molecule has 0 fully saturated rings. The third-order valence-electron chi connectivity index (χ3n) is 3.88. The molecule has 0 saturated heterocycles. The zero-order valence-electron chi connectivity index (χ0n) is 11.9. The van der Waals surface area contributed by atoms with Gasteiger partial charge in [-0.25, -0.2) is 0 Å². The Bertz CT molecular complexity index is 550. The molecular weight excluding hydrogens is 266 g/mol. The van der Waals surface area contributed by atoms with Crippen molar-refractivity contribution in [1.29, 1.82) is 0 Å². The molecule has 1 N–H and O–H groups in total. The van der Waals surface area contributed by atoms with E-state index in [0.717, 1.165) is 12.3 Å². The molecule has 0 spiro atoms. The highest BCUT2D eigenvalue weighted by Crippen LogP contribution is 2.29. The van der Waals surface area contributed by atoms with Crippen LogP contribution in [0.4, 0.5) is 0 Å². The molecule has 1 unspecified atom stereocenters. The fourth-order valence-corrected chi connectivity index (χ4v) is 3.64. The molecule has 20 heavy (non-hydrogen) atoms. The Morgan fingerprint density at radius 3 is 3.05 bits per heavy atom. The Labute approximate surface area is 124 Å². The van der Waals surface area contributed by atoms with E-state index in [1.54, 1.807) is 0 Å². The Balaban J connectivity index is 1.50. The topological polar surface area (TPSA) is 29.9 Å². The number of nitrogens with one attached hydrogen (secondary N) is 1. The van der Waals surface area contributed by atoms with Gasteiger partial charge in [-0.05, 0) is 31.4 Å². The van der Waals surface area contributed by atoms with E-state index in [1.807, 2.05) is 29.7 Å². The fourth-order valence-electron chi connectivity index (χ4n) is 2.84. The first-order chi connectivity index (χ1) is 9.84. The Morgan fingerprint density at radius 2 is 2.20 bits per heavy atom. The molecule has 1 aromatic carbocycles. The molecule has 4 heteroatoms. The van der Waals surface area contributed by atoms with Gasteiger partial charge in [0.05, 0.1) is 6.20 Å². The van der Waals surface area contributed by atoms with Crippen molar-refractivity contribution in [2.75, 3.05) is 12.3 Å². The van der Waals surface area contributed by atoms with E-state index < -0.39 is 0 Å². The summed E-state index contributed by atoms with van der Waals surface area (Å²) in [7, 11) is 2.05. The maximum atomic E-state index is 4.40. The lowest BCUT2D eigenvalue weighted by molar-refractivity contribution is 0.465. The highest BCUT2D eigenvalue weighted by molar-refractivity contribution is 7.99. The second-order valence-corrected chi connectivity index (χ2v) is 6.40. The van der Waals surface area contributed by atoms with Gasteiger partial charge in [-0.1, -0.05) is 18.2 Å². The number of rotatable bonds is 5. The molecule has 0 amide bonds. The third kappa shape index (κ3) is 3.07. The summed E-state index contributed by atoms with van der Waals surface area (Å²) in [5.74, 6) is 1.11. The first-order valence-corrected chi connectivity index (χ1v) is 8.25. The van der Waals surface area contributed by atoms with Crippen LogP contribution in [-0.2, 0) is 13.5 Å². The van der Waals surface area contributed by atoms with Crippen LogP contribution in [0.15, 0.2) is 41.4 Å². The summed E-state index contributed by atoms with van der Waals surface area (Å²) >= 11 is 1.91. The summed E-state index contributed by atoms with van der Waals surface area (Å²) in [5.41, 5.74) is 2.81.